The fraction of sp³-hybridized carbons (Fsp3) is 0.500. The average molecular weight is 278 g/mol. The van der Waals surface area contributed by atoms with Crippen molar-refractivity contribution in [3.8, 4) is 0 Å². The number of carbonyl (C=O) groups is 2. The Labute approximate surface area is 119 Å². The van der Waals surface area contributed by atoms with Crippen molar-refractivity contribution in [2.45, 2.75) is 32.2 Å². The van der Waals surface area contributed by atoms with Crippen molar-refractivity contribution < 1.29 is 9.59 Å². The van der Waals surface area contributed by atoms with Crippen LogP contribution in [0.15, 0.2) is 24.4 Å². The minimum Gasteiger partial charge on any atom is -0.351 e. The van der Waals surface area contributed by atoms with Crippen LogP contribution >= 0.6 is 0 Å². The molecule has 1 heterocycles. The zero-order valence-corrected chi connectivity index (χ0v) is 11.8. The van der Waals surface area contributed by atoms with Crippen molar-refractivity contribution in [3.63, 3.8) is 0 Å². The number of amides is 2. The van der Waals surface area contributed by atoms with Gasteiger partial charge < -0.3 is 16.4 Å². The SMILES string of the molecule is CCCCC(CN)NC(=O)CNC(=O)c1ccccn1. The molecule has 1 aromatic heterocycles. The van der Waals surface area contributed by atoms with E-state index in [4.69, 9.17) is 5.73 Å². The monoisotopic (exact) mass is 278 g/mol. The number of carbonyl (C=O) groups excluding carboxylic acids is 2. The van der Waals surface area contributed by atoms with E-state index in [0.717, 1.165) is 19.3 Å². The van der Waals surface area contributed by atoms with Crippen molar-refractivity contribution in [2.24, 2.45) is 5.73 Å². The van der Waals surface area contributed by atoms with Crippen LogP contribution in [-0.4, -0.2) is 35.9 Å². The summed E-state index contributed by atoms with van der Waals surface area (Å²) in [4.78, 5) is 27.3. The first-order valence-corrected chi connectivity index (χ1v) is 6.86. The zero-order chi connectivity index (χ0) is 14.8. The lowest BCUT2D eigenvalue weighted by Crippen LogP contribution is -2.45. The van der Waals surface area contributed by atoms with E-state index in [1.54, 1.807) is 18.2 Å². The van der Waals surface area contributed by atoms with Gasteiger partial charge in [0.2, 0.25) is 5.91 Å². The molecule has 0 bridgehead atoms. The number of hydrogen-bond donors (Lipinski definition) is 3. The fourth-order valence-electron chi connectivity index (χ4n) is 1.73. The molecule has 0 aromatic carbocycles. The summed E-state index contributed by atoms with van der Waals surface area (Å²) < 4.78 is 0. The molecule has 2 amide bonds. The summed E-state index contributed by atoms with van der Waals surface area (Å²) in [6.07, 6.45) is 4.46. The lowest BCUT2D eigenvalue weighted by Gasteiger charge is -2.16. The van der Waals surface area contributed by atoms with E-state index >= 15 is 0 Å². The molecule has 0 saturated carbocycles. The molecule has 0 spiro atoms. The number of nitrogens with zero attached hydrogens (tertiary/aromatic N) is 1. The van der Waals surface area contributed by atoms with E-state index in [2.05, 4.69) is 22.5 Å². The number of rotatable bonds is 8. The van der Waals surface area contributed by atoms with E-state index in [0.29, 0.717) is 12.2 Å². The van der Waals surface area contributed by atoms with Crippen LogP contribution in [0.2, 0.25) is 0 Å². The molecular formula is C14H22N4O2. The second-order valence-corrected chi connectivity index (χ2v) is 4.54. The number of nitrogens with two attached hydrogens (primary N) is 1. The largest absolute Gasteiger partial charge is 0.351 e. The third-order valence-corrected chi connectivity index (χ3v) is 2.86. The van der Waals surface area contributed by atoms with Crippen molar-refractivity contribution in [1.82, 2.24) is 15.6 Å². The van der Waals surface area contributed by atoms with Crippen LogP contribution in [-0.2, 0) is 4.79 Å². The quantitative estimate of drug-likeness (QED) is 0.643. The number of unbranched alkanes of at least 4 members (excludes halogenated alkanes) is 1. The number of nitrogens with one attached hydrogen (secondary N) is 2. The Morgan fingerprint density at radius 2 is 2.20 bits per heavy atom. The van der Waals surface area contributed by atoms with Gasteiger partial charge in [-0.05, 0) is 18.6 Å². The lowest BCUT2D eigenvalue weighted by molar-refractivity contribution is -0.120. The van der Waals surface area contributed by atoms with Crippen LogP contribution in [0.1, 0.15) is 36.7 Å². The summed E-state index contributed by atoms with van der Waals surface area (Å²) in [6, 6.07) is 5.01. The predicted molar refractivity (Wildman–Crippen MR) is 77.1 cm³/mol. The number of pyridine rings is 1. The first-order valence-electron chi connectivity index (χ1n) is 6.86. The van der Waals surface area contributed by atoms with E-state index in [9.17, 15) is 9.59 Å². The van der Waals surface area contributed by atoms with Gasteiger partial charge in [0.1, 0.15) is 5.69 Å². The molecule has 1 unspecified atom stereocenters. The Kier molecular flexibility index (Phi) is 7.27. The second kappa shape index (κ2) is 9.03. The first kappa shape index (κ1) is 16.1. The molecule has 0 aliphatic heterocycles. The topological polar surface area (TPSA) is 97.1 Å². The van der Waals surface area contributed by atoms with Crippen molar-refractivity contribution in [1.29, 1.82) is 0 Å². The Bertz CT molecular complexity index is 422. The molecule has 1 atom stereocenters. The molecule has 1 aromatic rings. The Balaban J connectivity index is 2.34. The fourth-order valence-corrected chi connectivity index (χ4v) is 1.73. The highest BCUT2D eigenvalue weighted by Crippen LogP contribution is 1.99. The lowest BCUT2D eigenvalue weighted by atomic mass is 10.1. The molecule has 110 valence electrons. The highest BCUT2D eigenvalue weighted by molar-refractivity contribution is 5.94. The molecular weight excluding hydrogens is 256 g/mol. The highest BCUT2D eigenvalue weighted by Gasteiger charge is 2.12. The minimum atomic E-state index is -0.362. The normalized spacial score (nSPS) is 11.7. The van der Waals surface area contributed by atoms with Gasteiger partial charge in [-0.2, -0.15) is 0 Å². The van der Waals surface area contributed by atoms with Gasteiger partial charge in [-0.1, -0.05) is 25.8 Å². The molecule has 0 aliphatic carbocycles. The molecule has 0 aliphatic rings. The van der Waals surface area contributed by atoms with Crippen LogP contribution in [0.4, 0.5) is 0 Å². The molecule has 1 rings (SSSR count). The van der Waals surface area contributed by atoms with Gasteiger partial charge in [-0.15, -0.1) is 0 Å². The van der Waals surface area contributed by atoms with Gasteiger partial charge in [-0.25, -0.2) is 0 Å². The van der Waals surface area contributed by atoms with Crippen LogP contribution in [0.3, 0.4) is 0 Å². The third kappa shape index (κ3) is 5.79. The Morgan fingerprint density at radius 1 is 1.40 bits per heavy atom. The summed E-state index contributed by atoms with van der Waals surface area (Å²) in [6.45, 7) is 2.42. The van der Waals surface area contributed by atoms with Gasteiger partial charge in [0, 0.05) is 18.8 Å². The minimum absolute atomic E-state index is 0.0331. The van der Waals surface area contributed by atoms with Gasteiger partial charge in [0.25, 0.3) is 5.91 Å². The highest BCUT2D eigenvalue weighted by atomic mass is 16.2. The van der Waals surface area contributed by atoms with Crippen LogP contribution in [0.25, 0.3) is 0 Å². The maximum absolute atomic E-state index is 11.7. The molecule has 20 heavy (non-hydrogen) atoms. The van der Waals surface area contributed by atoms with Crippen molar-refractivity contribution >= 4 is 11.8 Å². The number of hydrogen-bond acceptors (Lipinski definition) is 4. The molecule has 0 radical (unpaired) electrons. The molecule has 0 saturated heterocycles. The van der Waals surface area contributed by atoms with Gasteiger partial charge in [0.15, 0.2) is 0 Å². The maximum Gasteiger partial charge on any atom is 0.270 e. The predicted octanol–water partition coefficient (Wildman–Crippen LogP) is 0.445. The summed E-state index contributed by atoms with van der Waals surface area (Å²) in [5, 5.41) is 5.34. The maximum atomic E-state index is 11.7. The third-order valence-electron chi connectivity index (χ3n) is 2.86. The molecule has 0 fully saturated rings. The smallest absolute Gasteiger partial charge is 0.270 e. The van der Waals surface area contributed by atoms with E-state index in [1.807, 2.05) is 0 Å². The molecule has 4 N–H and O–H groups in total. The van der Waals surface area contributed by atoms with Crippen LogP contribution < -0.4 is 16.4 Å². The van der Waals surface area contributed by atoms with Crippen LogP contribution in [0, 0.1) is 0 Å². The summed E-state index contributed by atoms with van der Waals surface area (Å²) in [7, 11) is 0. The Morgan fingerprint density at radius 3 is 2.80 bits per heavy atom. The second-order valence-electron chi connectivity index (χ2n) is 4.54. The van der Waals surface area contributed by atoms with E-state index in [1.165, 1.54) is 6.20 Å². The van der Waals surface area contributed by atoms with Crippen molar-refractivity contribution in [3.05, 3.63) is 30.1 Å². The first-order chi connectivity index (χ1) is 9.67. The summed E-state index contributed by atoms with van der Waals surface area (Å²) in [5.41, 5.74) is 5.89. The van der Waals surface area contributed by atoms with Crippen molar-refractivity contribution in [2.75, 3.05) is 13.1 Å². The summed E-state index contributed by atoms with van der Waals surface area (Å²) in [5.74, 6) is -0.598. The van der Waals surface area contributed by atoms with E-state index < -0.39 is 0 Å². The number of aromatic nitrogens is 1. The molecule has 6 heteroatoms. The standard InChI is InChI=1S/C14H22N4O2/c1-2-3-6-11(9-15)18-13(19)10-17-14(20)12-7-4-5-8-16-12/h4-5,7-8,11H,2-3,6,9-10,15H2,1H3,(H,17,20)(H,18,19). The average Bonchev–Trinajstić information content (AvgIpc) is 2.49. The van der Waals surface area contributed by atoms with Crippen LogP contribution in [0.5, 0.6) is 0 Å². The van der Waals surface area contributed by atoms with Gasteiger partial charge in [0.05, 0.1) is 6.54 Å². The zero-order valence-electron chi connectivity index (χ0n) is 11.8. The van der Waals surface area contributed by atoms with Gasteiger partial charge in [-0.3, -0.25) is 14.6 Å². The van der Waals surface area contributed by atoms with E-state index in [-0.39, 0.29) is 24.4 Å². The summed E-state index contributed by atoms with van der Waals surface area (Å²) >= 11 is 0. The van der Waals surface area contributed by atoms with Gasteiger partial charge >= 0.3 is 0 Å². The Hall–Kier alpha value is -1.95. The molecule has 6 nitrogen and oxygen atoms in total.